The van der Waals surface area contributed by atoms with Gasteiger partial charge in [-0.15, -0.1) is 0 Å². The molecule has 1 aromatic carbocycles. The number of halogens is 1. The Balaban J connectivity index is 2.64. The molecule has 0 heterocycles. The lowest BCUT2D eigenvalue weighted by molar-refractivity contribution is 0.590. The van der Waals surface area contributed by atoms with E-state index in [0.29, 0.717) is 16.8 Å². The molecular weight excluding hydrogens is 230 g/mol. The molecule has 0 aliphatic carbocycles. The SMILES string of the molecule is CCC(CS(=O)c1ccc(Cl)cc1)NC. The van der Waals surface area contributed by atoms with Crippen LogP contribution in [0.2, 0.25) is 5.02 Å². The number of nitrogens with one attached hydrogen (secondary N) is 1. The molecule has 2 nitrogen and oxygen atoms in total. The molecule has 2 atom stereocenters. The van der Waals surface area contributed by atoms with Crippen LogP contribution in [0.4, 0.5) is 0 Å². The lowest BCUT2D eigenvalue weighted by Crippen LogP contribution is -2.30. The van der Waals surface area contributed by atoms with E-state index in [1.807, 2.05) is 19.2 Å². The van der Waals surface area contributed by atoms with Gasteiger partial charge in [0, 0.05) is 21.7 Å². The van der Waals surface area contributed by atoms with E-state index in [9.17, 15) is 4.21 Å². The second-order valence-corrected chi connectivity index (χ2v) is 5.29. The first kappa shape index (κ1) is 12.7. The van der Waals surface area contributed by atoms with Crippen LogP contribution >= 0.6 is 11.6 Å². The highest BCUT2D eigenvalue weighted by atomic mass is 35.5. The molecule has 4 heteroatoms. The lowest BCUT2D eigenvalue weighted by Gasteiger charge is -2.12. The second-order valence-electron chi connectivity index (χ2n) is 3.36. The summed E-state index contributed by atoms with van der Waals surface area (Å²) in [4.78, 5) is 0.841. The minimum Gasteiger partial charge on any atom is -0.316 e. The zero-order valence-corrected chi connectivity index (χ0v) is 10.6. The Morgan fingerprint density at radius 2 is 2.00 bits per heavy atom. The lowest BCUT2D eigenvalue weighted by atomic mass is 10.3. The van der Waals surface area contributed by atoms with Gasteiger partial charge in [-0.3, -0.25) is 4.21 Å². The van der Waals surface area contributed by atoms with Crippen LogP contribution in [0, 0.1) is 0 Å². The standard InChI is InChI=1S/C11H16ClNOS/c1-3-10(13-2)8-15(14)11-6-4-9(12)5-7-11/h4-7,10,13H,3,8H2,1-2H3. The average Bonchev–Trinajstić information content (AvgIpc) is 2.26. The molecule has 1 aromatic rings. The van der Waals surface area contributed by atoms with Crippen molar-refractivity contribution in [2.45, 2.75) is 24.3 Å². The summed E-state index contributed by atoms with van der Waals surface area (Å²) in [6.45, 7) is 2.08. The van der Waals surface area contributed by atoms with Crippen molar-refractivity contribution in [1.29, 1.82) is 0 Å². The molecule has 0 fully saturated rings. The molecule has 1 N–H and O–H groups in total. The third-order valence-electron chi connectivity index (χ3n) is 2.33. The zero-order chi connectivity index (χ0) is 11.3. The van der Waals surface area contributed by atoms with Crippen LogP contribution in [-0.4, -0.2) is 23.1 Å². The summed E-state index contributed by atoms with van der Waals surface area (Å²) in [7, 11) is 0.953. The van der Waals surface area contributed by atoms with E-state index in [-0.39, 0.29) is 0 Å². The first-order valence-electron chi connectivity index (χ1n) is 4.98. The number of hydrogen-bond acceptors (Lipinski definition) is 2. The Morgan fingerprint density at radius 3 is 2.47 bits per heavy atom. The minimum absolute atomic E-state index is 0.307. The molecule has 0 aliphatic heterocycles. The summed E-state index contributed by atoms with van der Waals surface area (Å²) < 4.78 is 11.9. The summed E-state index contributed by atoms with van der Waals surface area (Å²) in [5.74, 6) is 0.647. The smallest absolute Gasteiger partial charge is 0.0545 e. The average molecular weight is 246 g/mol. The van der Waals surface area contributed by atoms with Crippen molar-refractivity contribution in [3.8, 4) is 0 Å². The van der Waals surface area contributed by atoms with Crippen LogP contribution in [0.15, 0.2) is 29.2 Å². The maximum atomic E-state index is 11.9. The van der Waals surface area contributed by atoms with Gasteiger partial charge in [0.2, 0.25) is 0 Å². The van der Waals surface area contributed by atoms with Crippen molar-refractivity contribution in [2.75, 3.05) is 12.8 Å². The Bertz CT molecular complexity index is 322. The van der Waals surface area contributed by atoms with Gasteiger partial charge in [0.05, 0.1) is 10.8 Å². The van der Waals surface area contributed by atoms with Gasteiger partial charge in [0.15, 0.2) is 0 Å². The molecule has 84 valence electrons. The van der Waals surface area contributed by atoms with Gasteiger partial charge in [-0.1, -0.05) is 18.5 Å². The molecule has 0 saturated heterocycles. The van der Waals surface area contributed by atoms with Gasteiger partial charge in [0.25, 0.3) is 0 Å². The molecular formula is C11H16ClNOS. The highest BCUT2D eigenvalue weighted by Gasteiger charge is 2.10. The third kappa shape index (κ3) is 3.93. The van der Waals surface area contributed by atoms with Crippen LogP contribution in [-0.2, 0) is 10.8 Å². The molecule has 0 spiro atoms. The van der Waals surface area contributed by atoms with Crippen LogP contribution in [0.25, 0.3) is 0 Å². The van der Waals surface area contributed by atoms with E-state index >= 15 is 0 Å². The first-order chi connectivity index (χ1) is 7.17. The Morgan fingerprint density at radius 1 is 1.40 bits per heavy atom. The van der Waals surface area contributed by atoms with Crippen molar-refractivity contribution in [3.63, 3.8) is 0 Å². The van der Waals surface area contributed by atoms with Crippen molar-refractivity contribution < 1.29 is 4.21 Å². The number of rotatable bonds is 5. The van der Waals surface area contributed by atoms with Crippen LogP contribution in [0.3, 0.4) is 0 Å². The molecule has 0 amide bonds. The van der Waals surface area contributed by atoms with E-state index in [0.717, 1.165) is 11.3 Å². The fourth-order valence-corrected chi connectivity index (χ4v) is 2.80. The third-order valence-corrected chi connectivity index (χ3v) is 4.09. The monoisotopic (exact) mass is 245 g/mol. The highest BCUT2D eigenvalue weighted by molar-refractivity contribution is 7.85. The van der Waals surface area contributed by atoms with Crippen molar-refractivity contribution in [3.05, 3.63) is 29.3 Å². The molecule has 0 radical (unpaired) electrons. The fourth-order valence-electron chi connectivity index (χ4n) is 1.27. The Labute approximate surface area is 98.5 Å². The second kappa shape index (κ2) is 6.26. The van der Waals surface area contributed by atoms with E-state index in [1.54, 1.807) is 12.1 Å². The highest BCUT2D eigenvalue weighted by Crippen LogP contribution is 2.13. The van der Waals surface area contributed by atoms with E-state index in [2.05, 4.69) is 12.2 Å². The van der Waals surface area contributed by atoms with Crippen molar-refractivity contribution in [2.24, 2.45) is 0 Å². The fraction of sp³-hybridized carbons (Fsp3) is 0.455. The normalized spacial score (nSPS) is 14.9. The van der Waals surface area contributed by atoms with E-state index in [1.165, 1.54) is 0 Å². The molecule has 1 rings (SSSR count). The minimum atomic E-state index is -0.943. The molecule has 2 unspecified atom stereocenters. The Kier molecular flexibility index (Phi) is 5.29. The molecule has 0 aromatic heterocycles. The summed E-state index contributed by atoms with van der Waals surface area (Å²) >= 11 is 5.77. The predicted octanol–water partition coefficient (Wildman–Crippen LogP) is 2.45. The predicted molar refractivity (Wildman–Crippen MR) is 65.9 cm³/mol. The number of hydrogen-bond donors (Lipinski definition) is 1. The van der Waals surface area contributed by atoms with Gasteiger partial charge in [0.1, 0.15) is 0 Å². The molecule has 0 bridgehead atoms. The van der Waals surface area contributed by atoms with E-state index in [4.69, 9.17) is 11.6 Å². The summed E-state index contributed by atoms with van der Waals surface area (Å²) in [5.41, 5.74) is 0. The van der Waals surface area contributed by atoms with Crippen LogP contribution in [0.5, 0.6) is 0 Å². The van der Waals surface area contributed by atoms with Gasteiger partial charge < -0.3 is 5.32 Å². The van der Waals surface area contributed by atoms with E-state index < -0.39 is 10.8 Å². The van der Waals surface area contributed by atoms with Crippen LogP contribution in [0.1, 0.15) is 13.3 Å². The van der Waals surface area contributed by atoms with Crippen molar-refractivity contribution in [1.82, 2.24) is 5.32 Å². The van der Waals surface area contributed by atoms with Crippen LogP contribution < -0.4 is 5.32 Å². The van der Waals surface area contributed by atoms with Gasteiger partial charge >= 0.3 is 0 Å². The summed E-state index contributed by atoms with van der Waals surface area (Å²) in [6, 6.07) is 7.49. The molecule has 0 aliphatic rings. The number of benzene rings is 1. The topological polar surface area (TPSA) is 29.1 Å². The zero-order valence-electron chi connectivity index (χ0n) is 9.00. The van der Waals surface area contributed by atoms with Gasteiger partial charge in [-0.05, 0) is 37.7 Å². The van der Waals surface area contributed by atoms with Gasteiger partial charge in [-0.2, -0.15) is 0 Å². The van der Waals surface area contributed by atoms with Gasteiger partial charge in [-0.25, -0.2) is 0 Å². The first-order valence-corrected chi connectivity index (χ1v) is 6.68. The maximum absolute atomic E-state index is 11.9. The molecule has 0 saturated carbocycles. The quantitative estimate of drug-likeness (QED) is 0.864. The molecule has 15 heavy (non-hydrogen) atoms. The largest absolute Gasteiger partial charge is 0.316 e. The summed E-state index contributed by atoms with van der Waals surface area (Å²) in [5, 5.41) is 3.82. The van der Waals surface area contributed by atoms with Crippen molar-refractivity contribution >= 4 is 22.4 Å². The Hall–Kier alpha value is -0.380. The maximum Gasteiger partial charge on any atom is 0.0545 e. The summed E-state index contributed by atoms with van der Waals surface area (Å²) in [6.07, 6.45) is 0.982.